The van der Waals surface area contributed by atoms with E-state index in [0.29, 0.717) is 0 Å². The van der Waals surface area contributed by atoms with E-state index in [4.69, 9.17) is 0 Å². The molecule has 226 valence electrons. The van der Waals surface area contributed by atoms with Gasteiger partial charge < -0.3 is 4.57 Å². The minimum Gasteiger partial charge on any atom is -0.309 e. The Morgan fingerprint density at radius 1 is 0.312 bits per heavy atom. The van der Waals surface area contributed by atoms with Gasteiger partial charge in [0.15, 0.2) is 7.14 Å². The molecule has 0 saturated heterocycles. The van der Waals surface area contributed by atoms with Gasteiger partial charge in [-0.3, -0.25) is 0 Å². The van der Waals surface area contributed by atoms with Gasteiger partial charge in [0, 0.05) is 15.9 Å². The standard InChI is InChI=1S/C46H31OP/c47-48(40-18-3-1-4-19-40,41-20-5-2-6-21-41)42-22-10-16-38(31-42)36-14-8-13-35(29-36)37-15-9-17-39(30-37)43-27-25-34-24-23-32-11-7-12-33-26-28-44(43)46(34)45(32)33/h1-31H. The zero-order valence-corrected chi connectivity index (χ0v) is 27.1. The predicted molar refractivity (Wildman–Crippen MR) is 206 cm³/mol. The van der Waals surface area contributed by atoms with Crippen molar-refractivity contribution in [1.82, 2.24) is 0 Å². The van der Waals surface area contributed by atoms with E-state index in [-0.39, 0.29) is 0 Å². The summed E-state index contributed by atoms with van der Waals surface area (Å²) in [6.07, 6.45) is 0. The van der Waals surface area contributed by atoms with Crippen LogP contribution in [-0.2, 0) is 4.57 Å². The highest BCUT2D eigenvalue weighted by atomic mass is 31.2. The van der Waals surface area contributed by atoms with Crippen LogP contribution in [0.1, 0.15) is 0 Å². The lowest BCUT2D eigenvalue weighted by Crippen LogP contribution is -2.25. The summed E-state index contributed by atoms with van der Waals surface area (Å²) in [4.78, 5) is 0. The molecule has 9 rings (SSSR count). The zero-order chi connectivity index (χ0) is 32.1. The molecule has 0 heterocycles. The molecule has 0 aliphatic carbocycles. The Labute approximate surface area is 280 Å². The van der Waals surface area contributed by atoms with Crippen LogP contribution in [0.4, 0.5) is 0 Å². The molecule has 0 radical (unpaired) electrons. The molecule has 9 aromatic rings. The van der Waals surface area contributed by atoms with Gasteiger partial charge in [-0.15, -0.1) is 0 Å². The SMILES string of the molecule is O=P(c1ccccc1)(c1ccccc1)c1cccc(-c2cccc(-c3cccc(-c4ccc5ccc6cccc7ccc4c5c67)c3)c2)c1. The van der Waals surface area contributed by atoms with Crippen molar-refractivity contribution in [2.75, 3.05) is 0 Å². The van der Waals surface area contributed by atoms with Crippen LogP contribution in [0.5, 0.6) is 0 Å². The summed E-state index contributed by atoms with van der Waals surface area (Å²) in [5.74, 6) is 0. The first kappa shape index (κ1) is 28.5. The van der Waals surface area contributed by atoms with Gasteiger partial charge in [-0.25, -0.2) is 0 Å². The lowest BCUT2D eigenvalue weighted by Gasteiger charge is -2.20. The Hall–Kier alpha value is -5.75. The molecule has 1 nitrogen and oxygen atoms in total. The van der Waals surface area contributed by atoms with Crippen molar-refractivity contribution in [2.24, 2.45) is 0 Å². The molecule has 0 unspecified atom stereocenters. The topological polar surface area (TPSA) is 17.1 Å². The largest absolute Gasteiger partial charge is 0.309 e. The zero-order valence-electron chi connectivity index (χ0n) is 26.3. The van der Waals surface area contributed by atoms with Gasteiger partial charge >= 0.3 is 0 Å². The molecule has 0 aliphatic rings. The second-order valence-corrected chi connectivity index (χ2v) is 15.2. The van der Waals surface area contributed by atoms with E-state index in [1.54, 1.807) is 0 Å². The first-order valence-corrected chi connectivity index (χ1v) is 18.1. The second kappa shape index (κ2) is 11.5. The van der Waals surface area contributed by atoms with E-state index in [2.05, 4.69) is 115 Å². The van der Waals surface area contributed by atoms with E-state index in [1.807, 2.05) is 72.8 Å². The number of benzene rings is 9. The van der Waals surface area contributed by atoms with Gasteiger partial charge in [-0.2, -0.15) is 0 Å². The van der Waals surface area contributed by atoms with Crippen LogP contribution in [0.15, 0.2) is 188 Å². The fourth-order valence-electron chi connectivity index (χ4n) is 7.34. The number of hydrogen-bond donors (Lipinski definition) is 0. The predicted octanol–water partition coefficient (Wildman–Crippen LogP) is 11.2. The quantitative estimate of drug-likeness (QED) is 0.132. The average molecular weight is 631 g/mol. The van der Waals surface area contributed by atoms with E-state index in [9.17, 15) is 0 Å². The van der Waals surface area contributed by atoms with Crippen LogP contribution in [0.3, 0.4) is 0 Å². The van der Waals surface area contributed by atoms with E-state index < -0.39 is 7.14 Å². The van der Waals surface area contributed by atoms with Crippen molar-refractivity contribution in [1.29, 1.82) is 0 Å². The van der Waals surface area contributed by atoms with Crippen LogP contribution in [0, 0.1) is 0 Å². The maximum absolute atomic E-state index is 15.1. The third-order valence-electron chi connectivity index (χ3n) is 9.68. The Kier molecular flexibility index (Phi) is 6.82. The molecule has 0 fully saturated rings. The molecule has 0 saturated carbocycles. The minimum absolute atomic E-state index is 0.832. The maximum atomic E-state index is 15.1. The van der Waals surface area contributed by atoms with Crippen LogP contribution in [0.25, 0.3) is 65.7 Å². The van der Waals surface area contributed by atoms with Crippen LogP contribution >= 0.6 is 7.14 Å². The smallest absolute Gasteiger partial charge is 0.171 e. The van der Waals surface area contributed by atoms with Crippen molar-refractivity contribution in [3.05, 3.63) is 188 Å². The van der Waals surface area contributed by atoms with Gasteiger partial charge in [-0.1, -0.05) is 170 Å². The highest BCUT2D eigenvalue weighted by molar-refractivity contribution is 7.85. The number of rotatable bonds is 6. The van der Waals surface area contributed by atoms with Gasteiger partial charge in [0.2, 0.25) is 0 Å². The molecule has 48 heavy (non-hydrogen) atoms. The fourth-order valence-corrected chi connectivity index (χ4v) is 10.0. The summed E-state index contributed by atoms with van der Waals surface area (Å²) in [6, 6.07) is 65.6. The van der Waals surface area contributed by atoms with Crippen molar-refractivity contribution in [3.63, 3.8) is 0 Å². The Morgan fingerprint density at radius 3 is 1.38 bits per heavy atom. The second-order valence-electron chi connectivity index (χ2n) is 12.5. The summed E-state index contributed by atoms with van der Waals surface area (Å²) in [6.45, 7) is 0. The molecule has 0 amide bonds. The maximum Gasteiger partial charge on any atom is 0.171 e. The summed E-state index contributed by atoms with van der Waals surface area (Å²) >= 11 is 0. The summed E-state index contributed by atoms with van der Waals surface area (Å²) in [5.41, 5.74) is 6.88. The van der Waals surface area contributed by atoms with Gasteiger partial charge in [0.25, 0.3) is 0 Å². The monoisotopic (exact) mass is 630 g/mol. The van der Waals surface area contributed by atoms with E-state index in [1.165, 1.54) is 43.4 Å². The molecule has 0 aliphatic heterocycles. The molecule has 9 aromatic carbocycles. The Balaban J connectivity index is 1.13. The van der Waals surface area contributed by atoms with Crippen molar-refractivity contribution in [2.45, 2.75) is 0 Å². The van der Waals surface area contributed by atoms with Crippen LogP contribution in [0.2, 0.25) is 0 Å². The third-order valence-corrected chi connectivity index (χ3v) is 12.7. The normalized spacial score (nSPS) is 11.8. The van der Waals surface area contributed by atoms with E-state index >= 15 is 4.57 Å². The van der Waals surface area contributed by atoms with Gasteiger partial charge in [0.05, 0.1) is 0 Å². The summed E-state index contributed by atoms with van der Waals surface area (Å²) in [7, 11) is -3.08. The highest BCUT2D eigenvalue weighted by Gasteiger charge is 2.29. The highest BCUT2D eigenvalue weighted by Crippen LogP contribution is 2.43. The molecule has 0 spiro atoms. The average Bonchev–Trinajstić information content (AvgIpc) is 3.17. The first-order chi connectivity index (χ1) is 23.7. The van der Waals surface area contributed by atoms with Crippen molar-refractivity contribution < 1.29 is 4.57 Å². The fraction of sp³-hybridized carbons (Fsp3) is 0. The molecule has 0 atom stereocenters. The van der Waals surface area contributed by atoms with E-state index in [0.717, 1.165) is 38.2 Å². The van der Waals surface area contributed by atoms with Gasteiger partial charge in [-0.05, 0) is 83.9 Å². The van der Waals surface area contributed by atoms with Crippen molar-refractivity contribution in [3.8, 4) is 33.4 Å². The first-order valence-electron chi connectivity index (χ1n) is 16.4. The van der Waals surface area contributed by atoms with Crippen molar-refractivity contribution >= 4 is 55.4 Å². The Morgan fingerprint density at radius 2 is 0.750 bits per heavy atom. The number of hydrogen-bond acceptors (Lipinski definition) is 1. The molecule has 0 bridgehead atoms. The Bertz CT molecular complexity index is 2580. The summed E-state index contributed by atoms with van der Waals surface area (Å²) < 4.78 is 15.1. The third kappa shape index (κ3) is 4.67. The molecule has 2 heteroatoms. The lowest BCUT2D eigenvalue weighted by atomic mass is 9.89. The summed E-state index contributed by atoms with van der Waals surface area (Å²) in [5, 5.41) is 10.3. The molecular weight excluding hydrogens is 599 g/mol. The molecular formula is C46H31OP. The molecule has 0 aromatic heterocycles. The van der Waals surface area contributed by atoms with Crippen LogP contribution < -0.4 is 15.9 Å². The lowest BCUT2D eigenvalue weighted by molar-refractivity contribution is 0.592. The molecule has 0 N–H and O–H groups in total. The minimum atomic E-state index is -3.08. The van der Waals surface area contributed by atoms with Crippen LogP contribution in [-0.4, -0.2) is 0 Å². The van der Waals surface area contributed by atoms with Gasteiger partial charge in [0.1, 0.15) is 0 Å².